The van der Waals surface area contributed by atoms with E-state index in [1.54, 1.807) is 6.20 Å². The van der Waals surface area contributed by atoms with Gasteiger partial charge < -0.3 is 0 Å². The molecule has 0 N–H and O–H groups in total. The Balaban J connectivity index is 1.95. The summed E-state index contributed by atoms with van der Waals surface area (Å²) in [6.07, 6.45) is 5.49. The zero-order valence-electron chi connectivity index (χ0n) is 7.95. The van der Waals surface area contributed by atoms with Gasteiger partial charge in [0.05, 0.1) is 11.9 Å². The summed E-state index contributed by atoms with van der Waals surface area (Å²) in [7, 11) is 0. The fraction of sp³-hybridized carbons (Fsp3) is 0.600. The first-order chi connectivity index (χ1) is 6.84. The monoisotopic (exact) mass is 272 g/mol. The van der Waals surface area contributed by atoms with Crippen molar-refractivity contribution in [3.63, 3.8) is 0 Å². The van der Waals surface area contributed by atoms with Crippen molar-refractivity contribution in [2.24, 2.45) is 5.92 Å². The highest BCUT2D eigenvalue weighted by atomic mass is 79.9. The van der Waals surface area contributed by atoms with Gasteiger partial charge >= 0.3 is 0 Å². The first-order valence-electron chi connectivity index (χ1n) is 4.89. The third-order valence-corrected chi connectivity index (χ3v) is 3.99. The maximum Gasteiger partial charge on any atom is 0.0645 e. The molecular formula is C10H13BrN2S. The molecule has 0 bridgehead atoms. The van der Waals surface area contributed by atoms with Crippen LogP contribution in [0.4, 0.5) is 0 Å². The molecular weight excluding hydrogens is 260 g/mol. The predicted octanol–water partition coefficient (Wildman–Crippen LogP) is 2.92. The standard InChI is InChI=1S/C10H13BrN2S/c11-9-6-10(13-12-7-9)5-8-1-3-14-4-2-8/h6-8H,1-5H2. The van der Waals surface area contributed by atoms with Crippen LogP contribution in [0.15, 0.2) is 16.7 Å². The second kappa shape index (κ2) is 5.12. The molecule has 0 spiro atoms. The number of rotatable bonds is 2. The minimum absolute atomic E-state index is 0.819. The van der Waals surface area contributed by atoms with Crippen LogP contribution in [0.5, 0.6) is 0 Å². The SMILES string of the molecule is Brc1cnnc(CC2CCSCC2)c1. The third kappa shape index (κ3) is 2.95. The fourth-order valence-corrected chi connectivity index (χ4v) is 3.29. The lowest BCUT2D eigenvalue weighted by atomic mass is 9.97. The van der Waals surface area contributed by atoms with Crippen LogP contribution in [-0.2, 0) is 6.42 Å². The van der Waals surface area contributed by atoms with Crippen molar-refractivity contribution in [2.75, 3.05) is 11.5 Å². The Morgan fingerprint density at radius 3 is 2.93 bits per heavy atom. The Hall–Kier alpha value is -0.0900. The lowest BCUT2D eigenvalue weighted by molar-refractivity contribution is 0.480. The van der Waals surface area contributed by atoms with E-state index in [4.69, 9.17) is 0 Å². The maximum absolute atomic E-state index is 4.15. The summed E-state index contributed by atoms with van der Waals surface area (Å²) in [5.41, 5.74) is 1.12. The third-order valence-electron chi connectivity index (χ3n) is 2.51. The Bertz CT molecular complexity index is 300. The fourth-order valence-electron chi connectivity index (χ4n) is 1.73. The molecule has 14 heavy (non-hydrogen) atoms. The van der Waals surface area contributed by atoms with Crippen molar-refractivity contribution in [2.45, 2.75) is 19.3 Å². The summed E-state index contributed by atoms with van der Waals surface area (Å²) < 4.78 is 1.03. The summed E-state index contributed by atoms with van der Waals surface area (Å²) >= 11 is 5.49. The molecule has 1 aromatic rings. The summed E-state index contributed by atoms with van der Waals surface area (Å²) in [5.74, 6) is 3.44. The molecule has 0 atom stereocenters. The van der Waals surface area contributed by atoms with E-state index in [2.05, 4.69) is 44.0 Å². The van der Waals surface area contributed by atoms with E-state index in [-0.39, 0.29) is 0 Å². The van der Waals surface area contributed by atoms with Crippen molar-refractivity contribution < 1.29 is 0 Å². The largest absolute Gasteiger partial charge is 0.162 e. The van der Waals surface area contributed by atoms with Crippen molar-refractivity contribution in [1.29, 1.82) is 0 Å². The van der Waals surface area contributed by atoms with Gasteiger partial charge in [-0.1, -0.05) is 0 Å². The van der Waals surface area contributed by atoms with Crippen LogP contribution in [0.25, 0.3) is 0 Å². The molecule has 1 aromatic heterocycles. The molecule has 0 saturated carbocycles. The molecule has 0 radical (unpaired) electrons. The van der Waals surface area contributed by atoms with E-state index in [1.165, 1.54) is 24.3 Å². The number of aromatic nitrogens is 2. The van der Waals surface area contributed by atoms with E-state index < -0.39 is 0 Å². The van der Waals surface area contributed by atoms with Crippen LogP contribution in [-0.4, -0.2) is 21.7 Å². The molecule has 0 aromatic carbocycles. The zero-order valence-corrected chi connectivity index (χ0v) is 10.4. The zero-order chi connectivity index (χ0) is 9.80. The van der Waals surface area contributed by atoms with Crippen LogP contribution in [0, 0.1) is 5.92 Å². The lowest BCUT2D eigenvalue weighted by Crippen LogP contribution is -2.13. The van der Waals surface area contributed by atoms with E-state index in [1.807, 2.05) is 0 Å². The molecule has 0 aliphatic carbocycles. The summed E-state index contributed by atoms with van der Waals surface area (Å²) in [4.78, 5) is 0. The highest BCUT2D eigenvalue weighted by Gasteiger charge is 2.14. The van der Waals surface area contributed by atoms with Gasteiger partial charge in [0.1, 0.15) is 0 Å². The van der Waals surface area contributed by atoms with Crippen molar-refractivity contribution in [3.8, 4) is 0 Å². The average molecular weight is 273 g/mol. The molecule has 1 aliphatic rings. The second-order valence-corrected chi connectivity index (χ2v) is 5.77. The molecule has 0 amide bonds. The van der Waals surface area contributed by atoms with Gasteiger partial charge in [0.15, 0.2) is 0 Å². The lowest BCUT2D eigenvalue weighted by Gasteiger charge is -2.20. The molecule has 1 aliphatic heterocycles. The molecule has 4 heteroatoms. The van der Waals surface area contributed by atoms with Gasteiger partial charge in [0.25, 0.3) is 0 Å². The van der Waals surface area contributed by atoms with Crippen LogP contribution < -0.4 is 0 Å². The number of nitrogens with zero attached hydrogens (tertiary/aromatic N) is 2. The topological polar surface area (TPSA) is 25.8 Å². The Morgan fingerprint density at radius 2 is 2.21 bits per heavy atom. The highest BCUT2D eigenvalue weighted by molar-refractivity contribution is 9.10. The van der Waals surface area contributed by atoms with E-state index in [9.17, 15) is 0 Å². The van der Waals surface area contributed by atoms with Crippen LogP contribution in [0.3, 0.4) is 0 Å². The number of hydrogen-bond acceptors (Lipinski definition) is 3. The maximum atomic E-state index is 4.15. The van der Waals surface area contributed by atoms with Crippen molar-refractivity contribution in [3.05, 3.63) is 22.4 Å². The summed E-state index contributed by atoms with van der Waals surface area (Å²) in [6, 6.07) is 2.08. The van der Waals surface area contributed by atoms with E-state index in [0.29, 0.717) is 0 Å². The van der Waals surface area contributed by atoms with Crippen molar-refractivity contribution in [1.82, 2.24) is 10.2 Å². The smallest absolute Gasteiger partial charge is 0.0645 e. The van der Waals surface area contributed by atoms with Crippen LogP contribution in [0.2, 0.25) is 0 Å². The number of thioether (sulfide) groups is 1. The van der Waals surface area contributed by atoms with Gasteiger partial charge in [-0.2, -0.15) is 22.0 Å². The normalized spacial score (nSPS) is 18.4. The van der Waals surface area contributed by atoms with Crippen LogP contribution in [0.1, 0.15) is 18.5 Å². The van der Waals surface area contributed by atoms with Gasteiger partial charge in [0, 0.05) is 4.47 Å². The van der Waals surface area contributed by atoms with Gasteiger partial charge in [-0.05, 0) is 58.7 Å². The van der Waals surface area contributed by atoms with Crippen molar-refractivity contribution >= 4 is 27.7 Å². The van der Waals surface area contributed by atoms with E-state index >= 15 is 0 Å². The van der Waals surface area contributed by atoms with Gasteiger partial charge in [0.2, 0.25) is 0 Å². The molecule has 0 unspecified atom stereocenters. The minimum Gasteiger partial charge on any atom is -0.162 e. The number of hydrogen-bond donors (Lipinski definition) is 0. The van der Waals surface area contributed by atoms with E-state index in [0.717, 1.165) is 22.5 Å². The molecule has 2 rings (SSSR count). The molecule has 2 nitrogen and oxygen atoms in total. The Labute approximate surface area is 97.0 Å². The molecule has 1 saturated heterocycles. The first-order valence-corrected chi connectivity index (χ1v) is 6.84. The summed E-state index contributed by atoms with van der Waals surface area (Å²) in [6.45, 7) is 0. The Morgan fingerprint density at radius 1 is 1.43 bits per heavy atom. The van der Waals surface area contributed by atoms with Gasteiger partial charge in [-0.25, -0.2) is 0 Å². The molecule has 76 valence electrons. The minimum atomic E-state index is 0.819. The van der Waals surface area contributed by atoms with Crippen LogP contribution >= 0.6 is 27.7 Å². The molecule has 1 fully saturated rings. The number of halogens is 1. The quantitative estimate of drug-likeness (QED) is 0.828. The highest BCUT2D eigenvalue weighted by Crippen LogP contribution is 2.25. The van der Waals surface area contributed by atoms with Gasteiger partial charge in [-0.3, -0.25) is 0 Å². The first kappa shape index (κ1) is 10.4. The predicted molar refractivity (Wildman–Crippen MR) is 63.5 cm³/mol. The summed E-state index contributed by atoms with van der Waals surface area (Å²) in [5, 5.41) is 8.09. The molecule has 2 heterocycles. The average Bonchev–Trinajstić information content (AvgIpc) is 2.19. The second-order valence-electron chi connectivity index (χ2n) is 3.63. The Kier molecular flexibility index (Phi) is 3.81. The van der Waals surface area contributed by atoms with Gasteiger partial charge in [-0.15, -0.1) is 0 Å².